The van der Waals surface area contributed by atoms with Gasteiger partial charge in [0.05, 0.1) is 17.4 Å². The van der Waals surface area contributed by atoms with E-state index in [0.717, 1.165) is 0 Å². The number of nitrogens with zero attached hydrogens (tertiary/aromatic N) is 1. The average molecular weight is 223 g/mol. The third kappa shape index (κ3) is 2.56. The lowest BCUT2D eigenvalue weighted by atomic mass is 9.99. The van der Waals surface area contributed by atoms with E-state index >= 15 is 0 Å². The first-order valence-corrected chi connectivity index (χ1v) is 4.97. The Balaban J connectivity index is 3.03. The van der Waals surface area contributed by atoms with Crippen molar-refractivity contribution >= 4 is 11.7 Å². The van der Waals surface area contributed by atoms with Crippen LogP contribution in [-0.4, -0.2) is 17.5 Å². The van der Waals surface area contributed by atoms with Crippen molar-refractivity contribution in [3.05, 3.63) is 39.9 Å². The van der Waals surface area contributed by atoms with E-state index in [-0.39, 0.29) is 12.3 Å². The summed E-state index contributed by atoms with van der Waals surface area (Å²) in [6.07, 6.45) is 0. The lowest BCUT2D eigenvalue weighted by molar-refractivity contribution is -0.385. The number of hydrogen-bond donors (Lipinski definition) is 0. The van der Waals surface area contributed by atoms with Crippen LogP contribution in [-0.2, 0) is 9.53 Å². The zero-order valence-electron chi connectivity index (χ0n) is 9.17. The van der Waals surface area contributed by atoms with Gasteiger partial charge < -0.3 is 4.74 Å². The first-order chi connectivity index (χ1) is 7.57. The van der Waals surface area contributed by atoms with Crippen molar-refractivity contribution in [1.82, 2.24) is 0 Å². The largest absolute Gasteiger partial charge is 0.466 e. The summed E-state index contributed by atoms with van der Waals surface area (Å²) in [6.45, 7) is 3.56. The maximum absolute atomic E-state index is 11.5. The van der Waals surface area contributed by atoms with Gasteiger partial charge in [0, 0.05) is 11.6 Å². The molecule has 0 N–H and O–H groups in total. The van der Waals surface area contributed by atoms with Crippen LogP contribution in [0.4, 0.5) is 5.69 Å². The molecule has 1 rings (SSSR count). The summed E-state index contributed by atoms with van der Waals surface area (Å²) in [7, 11) is 0. The van der Waals surface area contributed by atoms with Crippen molar-refractivity contribution in [2.24, 2.45) is 0 Å². The number of ether oxygens (including phenoxy) is 1. The molecule has 0 spiro atoms. The Labute approximate surface area is 93.2 Å². The Bertz CT molecular complexity index is 403. The second-order valence-corrected chi connectivity index (χ2v) is 3.29. The number of hydrogen-bond acceptors (Lipinski definition) is 4. The number of nitro benzene ring substituents is 1. The van der Waals surface area contributed by atoms with Gasteiger partial charge in [-0.15, -0.1) is 0 Å². The van der Waals surface area contributed by atoms with Crippen LogP contribution < -0.4 is 0 Å². The summed E-state index contributed by atoms with van der Waals surface area (Å²) in [4.78, 5) is 21.7. The van der Waals surface area contributed by atoms with Crippen LogP contribution in [0.1, 0.15) is 25.3 Å². The van der Waals surface area contributed by atoms with Crippen molar-refractivity contribution in [2.75, 3.05) is 6.61 Å². The van der Waals surface area contributed by atoms with E-state index < -0.39 is 16.8 Å². The Morgan fingerprint density at radius 1 is 1.50 bits per heavy atom. The molecule has 0 aromatic heterocycles. The smallest absolute Gasteiger partial charge is 0.313 e. The highest BCUT2D eigenvalue weighted by Gasteiger charge is 2.24. The van der Waals surface area contributed by atoms with E-state index in [0.29, 0.717) is 5.56 Å². The number of benzene rings is 1. The number of rotatable bonds is 4. The highest BCUT2D eigenvalue weighted by atomic mass is 16.6. The number of esters is 1. The van der Waals surface area contributed by atoms with E-state index in [2.05, 4.69) is 0 Å². The van der Waals surface area contributed by atoms with Crippen molar-refractivity contribution in [2.45, 2.75) is 19.8 Å². The maximum Gasteiger partial charge on any atom is 0.313 e. The van der Waals surface area contributed by atoms with Crippen LogP contribution in [0.15, 0.2) is 24.3 Å². The second-order valence-electron chi connectivity index (χ2n) is 3.29. The van der Waals surface area contributed by atoms with Crippen molar-refractivity contribution < 1.29 is 14.5 Å². The minimum absolute atomic E-state index is 0.0527. The van der Waals surface area contributed by atoms with Crippen molar-refractivity contribution in [3.8, 4) is 0 Å². The topological polar surface area (TPSA) is 69.4 Å². The van der Waals surface area contributed by atoms with Gasteiger partial charge in [0.15, 0.2) is 0 Å². The summed E-state index contributed by atoms with van der Waals surface area (Å²) in [5.74, 6) is -1.07. The molecule has 0 fully saturated rings. The molecule has 1 atom stereocenters. The summed E-state index contributed by atoms with van der Waals surface area (Å²) in [5, 5.41) is 10.8. The van der Waals surface area contributed by atoms with E-state index in [4.69, 9.17) is 4.74 Å². The highest BCUT2D eigenvalue weighted by Crippen LogP contribution is 2.26. The Kier molecular flexibility index (Phi) is 3.99. The van der Waals surface area contributed by atoms with Crippen molar-refractivity contribution in [1.29, 1.82) is 0 Å². The van der Waals surface area contributed by atoms with Gasteiger partial charge in [-0.2, -0.15) is 0 Å². The number of nitro groups is 1. The molecule has 0 aliphatic carbocycles. The lowest BCUT2D eigenvalue weighted by Crippen LogP contribution is -2.14. The van der Waals surface area contributed by atoms with Crippen LogP contribution in [0.3, 0.4) is 0 Å². The van der Waals surface area contributed by atoms with Crippen LogP contribution >= 0.6 is 0 Å². The zero-order chi connectivity index (χ0) is 12.1. The quantitative estimate of drug-likeness (QED) is 0.446. The predicted octanol–water partition coefficient (Wildman–Crippen LogP) is 2.26. The summed E-state index contributed by atoms with van der Waals surface area (Å²) in [5.41, 5.74) is 0.328. The lowest BCUT2D eigenvalue weighted by Gasteiger charge is -2.10. The molecule has 0 aliphatic heterocycles. The molecule has 0 aliphatic rings. The molecule has 1 aromatic carbocycles. The van der Waals surface area contributed by atoms with E-state index in [1.165, 1.54) is 6.07 Å². The van der Waals surface area contributed by atoms with Gasteiger partial charge in [-0.1, -0.05) is 18.2 Å². The van der Waals surface area contributed by atoms with Gasteiger partial charge >= 0.3 is 5.97 Å². The summed E-state index contributed by atoms with van der Waals surface area (Å²) < 4.78 is 4.83. The Hall–Kier alpha value is -1.91. The first kappa shape index (κ1) is 12.2. The molecule has 0 heterocycles. The minimum Gasteiger partial charge on any atom is -0.466 e. The monoisotopic (exact) mass is 223 g/mol. The first-order valence-electron chi connectivity index (χ1n) is 4.97. The van der Waals surface area contributed by atoms with Crippen molar-refractivity contribution in [3.63, 3.8) is 0 Å². The SMILES string of the molecule is CCOC(=O)[C@H](C)c1ccccc1[N+](=O)[O-]. The molecule has 0 radical (unpaired) electrons. The Morgan fingerprint density at radius 3 is 2.69 bits per heavy atom. The molecular weight excluding hydrogens is 210 g/mol. The molecule has 0 saturated carbocycles. The molecule has 5 nitrogen and oxygen atoms in total. The molecule has 5 heteroatoms. The number of carbonyl (C=O) groups is 1. The van der Waals surface area contributed by atoms with Gasteiger partial charge in [0.1, 0.15) is 0 Å². The standard InChI is InChI=1S/C11H13NO4/c1-3-16-11(13)8(2)9-6-4-5-7-10(9)12(14)15/h4-8H,3H2,1-2H3/t8-/m1/s1. The zero-order valence-corrected chi connectivity index (χ0v) is 9.17. The van der Waals surface area contributed by atoms with Crippen LogP contribution in [0.25, 0.3) is 0 Å². The molecule has 1 aromatic rings. The average Bonchev–Trinajstić information content (AvgIpc) is 2.28. The van der Waals surface area contributed by atoms with Crippen LogP contribution in [0.2, 0.25) is 0 Å². The molecule has 0 amide bonds. The number of para-hydroxylation sites is 1. The summed E-state index contributed by atoms with van der Waals surface area (Å²) >= 11 is 0. The molecular formula is C11H13NO4. The van der Waals surface area contributed by atoms with Crippen LogP contribution in [0, 0.1) is 10.1 Å². The van der Waals surface area contributed by atoms with Gasteiger partial charge in [0.25, 0.3) is 5.69 Å². The van der Waals surface area contributed by atoms with Gasteiger partial charge in [-0.05, 0) is 13.8 Å². The number of carbonyl (C=O) groups excluding carboxylic acids is 1. The van der Waals surface area contributed by atoms with E-state index in [1.54, 1.807) is 32.0 Å². The van der Waals surface area contributed by atoms with Gasteiger partial charge in [0.2, 0.25) is 0 Å². The summed E-state index contributed by atoms with van der Waals surface area (Å²) in [6, 6.07) is 6.18. The Morgan fingerprint density at radius 2 is 2.12 bits per heavy atom. The van der Waals surface area contributed by atoms with Crippen LogP contribution in [0.5, 0.6) is 0 Å². The van der Waals surface area contributed by atoms with Gasteiger partial charge in [-0.25, -0.2) is 0 Å². The highest BCUT2D eigenvalue weighted by molar-refractivity contribution is 5.79. The van der Waals surface area contributed by atoms with E-state index in [1.807, 2.05) is 0 Å². The normalized spacial score (nSPS) is 11.9. The van der Waals surface area contributed by atoms with Gasteiger partial charge in [-0.3, -0.25) is 14.9 Å². The van der Waals surface area contributed by atoms with E-state index in [9.17, 15) is 14.9 Å². The fourth-order valence-electron chi connectivity index (χ4n) is 1.41. The molecule has 16 heavy (non-hydrogen) atoms. The fourth-order valence-corrected chi connectivity index (χ4v) is 1.41. The third-order valence-corrected chi connectivity index (χ3v) is 2.24. The maximum atomic E-state index is 11.5. The third-order valence-electron chi connectivity index (χ3n) is 2.24. The second kappa shape index (κ2) is 5.25. The fraction of sp³-hybridized carbons (Fsp3) is 0.364. The molecule has 0 bridgehead atoms. The predicted molar refractivity (Wildman–Crippen MR) is 58.1 cm³/mol. The molecule has 0 saturated heterocycles. The molecule has 0 unspecified atom stereocenters. The molecule has 86 valence electrons. The minimum atomic E-state index is -0.624.